The molecule has 1 saturated heterocycles. The van der Waals surface area contributed by atoms with Crippen molar-refractivity contribution in [1.29, 1.82) is 0 Å². The van der Waals surface area contributed by atoms with E-state index >= 15 is 0 Å². The van der Waals surface area contributed by atoms with Crippen LogP contribution < -0.4 is 10.6 Å². The van der Waals surface area contributed by atoms with Crippen molar-refractivity contribution in [2.24, 2.45) is 5.92 Å². The van der Waals surface area contributed by atoms with E-state index in [-0.39, 0.29) is 0 Å². The van der Waals surface area contributed by atoms with Gasteiger partial charge >= 0.3 is 0 Å². The quantitative estimate of drug-likeness (QED) is 0.759. The van der Waals surface area contributed by atoms with Crippen molar-refractivity contribution in [2.45, 2.75) is 13.3 Å². The summed E-state index contributed by atoms with van der Waals surface area (Å²) in [6.07, 6.45) is 3.02. The molecule has 20 heavy (non-hydrogen) atoms. The van der Waals surface area contributed by atoms with Gasteiger partial charge in [0, 0.05) is 20.1 Å². The second-order valence-electron chi connectivity index (χ2n) is 5.21. The van der Waals surface area contributed by atoms with Gasteiger partial charge in [-0.2, -0.15) is 15.1 Å². The fourth-order valence-corrected chi connectivity index (χ4v) is 2.69. The number of hydrogen-bond donors (Lipinski definition) is 3. The normalized spacial score (nSPS) is 19.6. The molecule has 7 nitrogen and oxygen atoms in total. The minimum atomic E-state index is 0.603. The van der Waals surface area contributed by atoms with Gasteiger partial charge in [0.15, 0.2) is 5.65 Å². The van der Waals surface area contributed by atoms with Gasteiger partial charge < -0.3 is 15.5 Å². The molecule has 3 heterocycles. The molecule has 1 unspecified atom stereocenters. The van der Waals surface area contributed by atoms with Crippen molar-refractivity contribution < 1.29 is 0 Å². The van der Waals surface area contributed by atoms with Crippen LogP contribution in [0.3, 0.4) is 0 Å². The molecule has 3 rings (SSSR count). The topological polar surface area (TPSA) is 81.8 Å². The number of fused-ring (bicyclic) bond motifs is 1. The van der Waals surface area contributed by atoms with Crippen LogP contribution in [0.25, 0.3) is 11.0 Å². The summed E-state index contributed by atoms with van der Waals surface area (Å²) in [7, 11) is 1.82. The first-order valence-corrected chi connectivity index (χ1v) is 7.15. The zero-order chi connectivity index (χ0) is 13.9. The van der Waals surface area contributed by atoms with Crippen molar-refractivity contribution in [3.8, 4) is 0 Å². The lowest BCUT2D eigenvalue weighted by molar-refractivity contribution is 0.345. The predicted molar refractivity (Wildman–Crippen MR) is 79.9 cm³/mol. The van der Waals surface area contributed by atoms with Crippen LogP contribution >= 0.6 is 0 Å². The number of aromatic nitrogens is 4. The molecule has 1 aliphatic rings. The van der Waals surface area contributed by atoms with Gasteiger partial charge in [0.25, 0.3) is 0 Å². The van der Waals surface area contributed by atoms with Gasteiger partial charge in [-0.15, -0.1) is 0 Å². The maximum atomic E-state index is 4.48. The molecule has 0 spiro atoms. The molecule has 0 amide bonds. The minimum Gasteiger partial charge on any atom is -0.369 e. The fraction of sp³-hybridized carbons (Fsp3) is 0.615. The maximum absolute atomic E-state index is 4.48. The van der Waals surface area contributed by atoms with Crippen molar-refractivity contribution in [2.75, 3.05) is 43.9 Å². The Morgan fingerprint density at radius 3 is 3.10 bits per heavy atom. The second kappa shape index (κ2) is 5.62. The summed E-state index contributed by atoms with van der Waals surface area (Å²) in [6.45, 7) is 6.67. The number of hydrogen-bond acceptors (Lipinski definition) is 6. The van der Waals surface area contributed by atoms with Crippen LogP contribution in [0.5, 0.6) is 0 Å². The van der Waals surface area contributed by atoms with E-state index < -0.39 is 0 Å². The molecule has 2 aromatic rings. The van der Waals surface area contributed by atoms with E-state index in [0.29, 0.717) is 11.9 Å². The van der Waals surface area contributed by atoms with E-state index in [2.05, 4.69) is 42.6 Å². The lowest BCUT2D eigenvalue weighted by Crippen LogP contribution is -2.22. The van der Waals surface area contributed by atoms with E-state index in [1.54, 1.807) is 6.20 Å². The van der Waals surface area contributed by atoms with Crippen LogP contribution in [-0.4, -0.2) is 58.3 Å². The zero-order valence-electron chi connectivity index (χ0n) is 12.0. The Morgan fingerprint density at radius 1 is 1.45 bits per heavy atom. The molecule has 0 bridgehead atoms. The second-order valence-corrected chi connectivity index (χ2v) is 5.21. The van der Waals surface area contributed by atoms with Gasteiger partial charge in [-0.3, -0.25) is 5.10 Å². The van der Waals surface area contributed by atoms with Crippen LogP contribution in [0.15, 0.2) is 6.20 Å². The first-order chi connectivity index (χ1) is 9.80. The predicted octanol–water partition coefficient (Wildman–Crippen LogP) is 1.15. The summed E-state index contributed by atoms with van der Waals surface area (Å²) in [5.74, 6) is 2.14. The van der Waals surface area contributed by atoms with Gasteiger partial charge in [0.05, 0.1) is 11.6 Å². The Bertz CT molecular complexity index is 579. The highest BCUT2D eigenvalue weighted by Gasteiger charge is 2.21. The third-order valence-electron chi connectivity index (χ3n) is 3.91. The smallest absolute Gasteiger partial charge is 0.226 e. The van der Waals surface area contributed by atoms with Gasteiger partial charge in [-0.1, -0.05) is 6.92 Å². The summed E-state index contributed by atoms with van der Waals surface area (Å²) in [5.41, 5.74) is 0.758. The number of nitrogens with one attached hydrogen (secondary N) is 3. The van der Waals surface area contributed by atoms with Crippen LogP contribution in [0.1, 0.15) is 13.3 Å². The number of likely N-dealkylation sites (tertiary alicyclic amines) is 1. The average molecular weight is 275 g/mol. The Morgan fingerprint density at radius 2 is 2.35 bits per heavy atom. The highest BCUT2D eigenvalue weighted by Crippen LogP contribution is 2.22. The number of H-pyrrole nitrogens is 1. The molecule has 2 aromatic heterocycles. The van der Waals surface area contributed by atoms with E-state index in [0.717, 1.165) is 29.9 Å². The molecule has 0 aromatic carbocycles. The standard InChI is InChI=1S/C13H21N7/c1-3-20-5-4-9(8-20)6-15-11-10-7-16-19-12(10)18-13(14-2)17-11/h7,9H,3-6,8H2,1-2H3,(H3,14,15,16,17,18,19). The summed E-state index contributed by atoms with van der Waals surface area (Å²) in [6, 6.07) is 0. The summed E-state index contributed by atoms with van der Waals surface area (Å²) in [4.78, 5) is 11.3. The van der Waals surface area contributed by atoms with E-state index in [1.807, 2.05) is 7.05 Å². The molecule has 0 aliphatic carbocycles. The Labute approximate surface area is 118 Å². The molecule has 7 heteroatoms. The third kappa shape index (κ3) is 2.53. The van der Waals surface area contributed by atoms with Crippen molar-refractivity contribution >= 4 is 22.8 Å². The highest BCUT2D eigenvalue weighted by molar-refractivity contribution is 5.86. The lowest BCUT2D eigenvalue weighted by atomic mass is 10.1. The highest BCUT2D eigenvalue weighted by atomic mass is 15.2. The lowest BCUT2D eigenvalue weighted by Gasteiger charge is -2.14. The molecule has 1 fully saturated rings. The average Bonchev–Trinajstić information content (AvgIpc) is 3.12. The minimum absolute atomic E-state index is 0.603. The number of rotatable bonds is 5. The SMILES string of the molecule is CCN1CCC(CNc2nc(NC)nc3[nH]ncc23)C1. The third-order valence-corrected chi connectivity index (χ3v) is 3.91. The summed E-state index contributed by atoms with van der Waals surface area (Å²) in [5, 5.41) is 14.3. The Hall–Kier alpha value is -1.89. The van der Waals surface area contributed by atoms with Crippen LogP contribution in [0.2, 0.25) is 0 Å². The van der Waals surface area contributed by atoms with E-state index in [9.17, 15) is 0 Å². The summed E-state index contributed by atoms with van der Waals surface area (Å²) < 4.78 is 0. The van der Waals surface area contributed by atoms with E-state index in [1.165, 1.54) is 19.5 Å². The van der Waals surface area contributed by atoms with Gasteiger partial charge in [0.2, 0.25) is 5.95 Å². The molecule has 1 atom stereocenters. The molecule has 3 N–H and O–H groups in total. The van der Waals surface area contributed by atoms with Crippen molar-refractivity contribution in [3.63, 3.8) is 0 Å². The molecule has 0 radical (unpaired) electrons. The largest absolute Gasteiger partial charge is 0.369 e. The van der Waals surface area contributed by atoms with Crippen molar-refractivity contribution in [1.82, 2.24) is 25.1 Å². The zero-order valence-corrected chi connectivity index (χ0v) is 12.0. The molecular weight excluding hydrogens is 254 g/mol. The number of aromatic amines is 1. The summed E-state index contributed by atoms with van der Waals surface area (Å²) >= 11 is 0. The van der Waals surface area contributed by atoms with Crippen LogP contribution in [0.4, 0.5) is 11.8 Å². The molecule has 1 aliphatic heterocycles. The molecule has 0 saturated carbocycles. The Balaban J connectivity index is 1.72. The van der Waals surface area contributed by atoms with Gasteiger partial charge in [0.1, 0.15) is 5.82 Å². The Kier molecular flexibility index (Phi) is 3.68. The van der Waals surface area contributed by atoms with Crippen LogP contribution in [-0.2, 0) is 0 Å². The number of anilines is 2. The molecular formula is C13H21N7. The van der Waals surface area contributed by atoms with Gasteiger partial charge in [-0.25, -0.2) is 0 Å². The fourth-order valence-electron chi connectivity index (χ4n) is 2.69. The maximum Gasteiger partial charge on any atom is 0.226 e. The van der Waals surface area contributed by atoms with Crippen LogP contribution in [0, 0.1) is 5.92 Å². The van der Waals surface area contributed by atoms with E-state index in [4.69, 9.17) is 0 Å². The monoisotopic (exact) mass is 275 g/mol. The molecule has 108 valence electrons. The van der Waals surface area contributed by atoms with Gasteiger partial charge in [-0.05, 0) is 25.4 Å². The first kappa shape index (κ1) is 13.1. The first-order valence-electron chi connectivity index (χ1n) is 7.15. The van der Waals surface area contributed by atoms with Crippen molar-refractivity contribution in [3.05, 3.63) is 6.20 Å². The number of nitrogens with zero attached hydrogens (tertiary/aromatic N) is 4.